The van der Waals surface area contributed by atoms with Gasteiger partial charge in [-0.1, -0.05) is 19.9 Å². The van der Waals surface area contributed by atoms with Gasteiger partial charge >= 0.3 is 0 Å². The molecule has 1 atom stereocenters. The van der Waals surface area contributed by atoms with Crippen LogP contribution in [0.2, 0.25) is 0 Å². The summed E-state index contributed by atoms with van der Waals surface area (Å²) in [4.78, 5) is 11.1. The maximum Gasteiger partial charge on any atom is 0.129 e. The van der Waals surface area contributed by atoms with Crippen molar-refractivity contribution < 1.29 is 9.53 Å². The van der Waals surface area contributed by atoms with E-state index in [4.69, 9.17) is 4.74 Å². The van der Waals surface area contributed by atoms with Crippen molar-refractivity contribution in [1.82, 2.24) is 0 Å². The van der Waals surface area contributed by atoms with Crippen molar-refractivity contribution in [2.45, 2.75) is 59.8 Å². The molecule has 0 saturated carbocycles. The van der Waals surface area contributed by atoms with E-state index < -0.39 is 0 Å². The number of Topliss-reactive ketones (excluding diaryl/α,β-unsaturated/α-hetero) is 1. The van der Waals surface area contributed by atoms with Crippen molar-refractivity contribution in [2.75, 3.05) is 6.61 Å². The number of benzene rings is 1. The van der Waals surface area contributed by atoms with E-state index in [2.05, 4.69) is 39.8 Å². The molecule has 0 amide bonds. The van der Waals surface area contributed by atoms with Gasteiger partial charge in [-0.15, -0.1) is 0 Å². The van der Waals surface area contributed by atoms with Crippen molar-refractivity contribution in [3.8, 4) is 5.75 Å². The lowest BCUT2D eigenvalue weighted by Gasteiger charge is -2.18. The molecule has 1 aromatic carbocycles. The molecule has 0 N–H and O–H groups in total. The Kier molecular flexibility index (Phi) is 6.07. The maximum atomic E-state index is 11.1. The molecule has 0 saturated heterocycles. The van der Waals surface area contributed by atoms with Gasteiger partial charge in [0, 0.05) is 6.42 Å². The number of rotatable bonds is 7. The lowest BCUT2D eigenvalue weighted by Crippen LogP contribution is -2.04. The molecule has 1 aromatic rings. The SMILES string of the molecule is CCCOc1ccc(C(C)CCC(C)=O)c(C)c1C. The highest BCUT2D eigenvalue weighted by Gasteiger charge is 2.13. The molecule has 0 aliphatic heterocycles. The highest BCUT2D eigenvalue weighted by molar-refractivity contribution is 5.75. The van der Waals surface area contributed by atoms with Gasteiger partial charge in [0.2, 0.25) is 0 Å². The van der Waals surface area contributed by atoms with Crippen molar-refractivity contribution in [1.29, 1.82) is 0 Å². The summed E-state index contributed by atoms with van der Waals surface area (Å²) in [5.41, 5.74) is 3.85. The number of ketones is 1. The van der Waals surface area contributed by atoms with Gasteiger partial charge in [0.1, 0.15) is 11.5 Å². The highest BCUT2D eigenvalue weighted by atomic mass is 16.5. The van der Waals surface area contributed by atoms with E-state index in [1.165, 1.54) is 16.7 Å². The molecule has 2 nitrogen and oxygen atoms in total. The molecule has 106 valence electrons. The molecule has 1 unspecified atom stereocenters. The standard InChI is InChI=1S/C17H26O2/c1-6-11-19-17-10-9-16(14(4)15(17)5)12(2)7-8-13(3)18/h9-10,12H,6-8,11H2,1-5H3. The van der Waals surface area contributed by atoms with Crippen LogP contribution >= 0.6 is 0 Å². The van der Waals surface area contributed by atoms with E-state index >= 15 is 0 Å². The van der Waals surface area contributed by atoms with Crippen molar-refractivity contribution >= 4 is 5.78 Å². The summed E-state index contributed by atoms with van der Waals surface area (Å²) in [5.74, 6) is 1.67. The molecule has 0 fully saturated rings. The third-order valence-corrected chi connectivity index (χ3v) is 3.70. The molecular formula is C17H26O2. The monoisotopic (exact) mass is 262 g/mol. The lowest BCUT2D eigenvalue weighted by atomic mass is 9.89. The van der Waals surface area contributed by atoms with Crippen LogP contribution in [0.15, 0.2) is 12.1 Å². The third kappa shape index (κ3) is 4.38. The molecule has 0 spiro atoms. The van der Waals surface area contributed by atoms with Crippen LogP contribution in [0.5, 0.6) is 5.75 Å². The minimum atomic E-state index is 0.268. The number of ether oxygens (including phenoxy) is 1. The van der Waals surface area contributed by atoms with Crippen LogP contribution in [0, 0.1) is 13.8 Å². The van der Waals surface area contributed by atoms with Crippen LogP contribution in [0.25, 0.3) is 0 Å². The smallest absolute Gasteiger partial charge is 0.129 e. The van der Waals surface area contributed by atoms with Gasteiger partial charge in [-0.05, 0) is 62.3 Å². The minimum absolute atomic E-state index is 0.268. The molecule has 0 bridgehead atoms. The summed E-state index contributed by atoms with van der Waals surface area (Å²) in [5, 5.41) is 0. The number of carbonyl (C=O) groups is 1. The summed E-state index contributed by atoms with van der Waals surface area (Å²) >= 11 is 0. The Labute approximate surface area is 117 Å². The van der Waals surface area contributed by atoms with Crippen LogP contribution in [-0.4, -0.2) is 12.4 Å². The Balaban J connectivity index is 2.85. The van der Waals surface area contributed by atoms with Crippen LogP contribution in [0.3, 0.4) is 0 Å². The van der Waals surface area contributed by atoms with E-state index in [1.54, 1.807) is 6.92 Å². The van der Waals surface area contributed by atoms with Gasteiger partial charge in [0.05, 0.1) is 6.61 Å². The van der Waals surface area contributed by atoms with Crippen molar-refractivity contribution in [2.24, 2.45) is 0 Å². The van der Waals surface area contributed by atoms with E-state index in [-0.39, 0.29) is 5.78 Å². The molecule has 0 aromatic heterocycles. The second kappa shape index (κ2) is 7.32. The fourth-order valence-corrected chi connectivity index (χ4v) is 2.29. The predicted octanol–water partition coefficient (Wildman–Crippen LogP) is 4.56. The van der Waals surface area contributed by atoms with Crippen molar-refractivity contribution in [3.05, 3.63) is 28.8 Å². The first-order valence-electron chi connectivity index (χ1n) is 7.19. The Morgan fingerprint density at radius 2 is 1.95 bits per heavy atom. The number of hydrogen-bond acceptors (Lipinski definition) is 2. The second-order valence-corrected chi connectivity index (χ2v) is 5.39. The zero-order valence-electron chi connectivity index (χ0n) is 12.9. The van der Waals surface area contributed by atoms with Crippen LogP contribution in [0.4, 0.5) is 0 Å². The summed E-state index contributed by atoms with van der Waals surface area (Å²) in [6.07, 6.45) is 2.60. The zero-order chi connectivity index (χ0) is 14.4. The molecule has 0 radical (unpaired) electrons. The van der Waals surface area contributed by atoms with Crippen LogP contribution in [-0.2, 0) is 4.79 Å². The molecule has 19 heavy (non-hydrogen) atoms. The topological polar surface area (TPSA) is 26.3 Å². The second-order valence-electron chi connectivity index (χ2n) is 5.39. The first-order valence-corrected chi connectivity index (χ1v) is 7.19. The molecule has 0 aliphatic carbocycles. The predicted molar refractivity (Wildman–Crippen MR) is 80.0 cm³/mol. The van der Waals surface area contributed by atoms with E-state index in [9.17, 15) is 4.79 Å². The largest absolute Gasteiger partial charge is 0.493 e. The summed E-state index contributed by atoms with van der Waals surface area (Å²) in [6.45, 7) is 11.0. The Morgan fingerprint density at radius 3 is 2.53 bits per heavy atom. The van der Waals surface area contributed by atoms with E-state index in [0.29, 0.717) is 12.3 Å². The number of carbonyl (C=O) groups excluding carboxylic acids is 1. The van der Waals surface area contributed by atoms with Crippen molar-refractivity contribution in [3.63, 3.8) is 0 Å². The highest BCUT2D eigenvalue weighted by Crippen LogP contribution is 2.31. The fraction of sp³-hybridized carbons (Fsp3) is 0.588. The summed E-state index contributed by atoms with van der Waals surface area (Å²) < 4.78 is 5.75. The first-order chi connectivity index (χ1) is 8.97. The summed E-state index contributed by atoms with van der Waals surface area (Å²) in [6, 6.07) is 4.22. The van der Waals surface area contributed by atoms with Gasteiger partial charge < -0.3 is 9.53 Å². The molecule has 0 heterocycles. The first kappa shape index (κ1) is 15.7. The summed E-state index contributed by atoms with van der Waals surface area (Å²) in [7, 11) is 0. The van der Waals surface area contributed by atoms with Gasteiger partial charge in [-0.3, -0.25) is 0 Å². The molecular weight excluding hydrogens is 236 g/mol. The van der Waals surface area contributed by atoms with Gasteiger partial charge in [-0.2, -0.15) is 0 Å². The third-order valence-electron chi connectivity index (χ3n) is 3.70. The lowest BCUT2D eigenvalue weighted by molar-refractivity contribution is -0.117. The minimum Gasteiger partial charge on any atom is -0.493 e. The Morgan fingerprint density at radius 1 is 1.26 bits per heavy atom. The van der Waals surface area contributed by atoms with Gasteiger partial charge in [-0.25, -0.2) is 0 Å². The quantitative estimate of drug-likeness (QED) is 0.719. The van der Waals surface area contributed by atoms with Crippen LogP contribution in [0.1, 0.15) is 62.6 Å². The number of hydrogen-bond donors (Lipinski definition) is 0. The average molecular weight is 262 g/mol. The molecule has 1 rings (SSSR count). The Bertz CT molecular complexity index is 435. The van der Waals surface area contributed by atoms with Gasteiger partial charge in [0.25, 0.3) is 0 Å². The molecule has 2 heteroatoms. The Hall–Kier alpha value is -1.31. The fourth-order valence-electron chi connectivity index (χ4n) is 2.29. The maximum absolute atomic E-state index is 11.1. The van der Waals surface area contributed by atoms with E-state index in [0.717, 1.165) is 25.2 Å². The normalized spacial score (nSPS) is 12.3. The van der Waals surface area contributed by atoms with E-state index in [1.807, 2.05) is 0 Å². The van der Waals surface area contributed by atoms with Crippen LogP contribution < -0.4 is 4.74 Å². The average Bonchev–Trinajstić information content (AvgIpc) is 2.37. The van der Waals surface area contributed by atoms with Gasteiger partial charge in [0.15, 0.2) is 0 Å². The molecule has 0 aliphatic rings. The zero-order valence-corrected chi connectivity index (χ0v) is 12.9.